The van der Waals surface area contributed by atoms with E-state index in [1.165, 1.54) is 32.2 Å². The standard InChI is InChI=1S/C31H34FNO8/c1-18(34)33-14-13-21-16-25(24(35)17-23(21)20-11-8-12-22(32)15-20)39-30-26(36)27(28(38-4)31(2,3)41-30)40-29(37)19-9-6-5-7-10-19/h5-12,15-17,26-28,30,35-36H,13-14H2,1-4H3,(H,33,34)/t26-,27+,28-,30-/m1/s1. The minimum absolute atomic E-state index is 0.0215. The summed E-state index contributed by atoms with van der Waals surface area (Å²) >= 11 is 0. The fourth-order valence-corrected chi connectivity index (χ4v) is 4.91. The second-order valence-corrected chi connectivity index (χ2v) is 10.3. The van der Waals surface area contributed by atoms with E-state index in [0.29, 0.717) is 28.7 Å². The minimum atomic E-state index is -1.49. The topological polar surface area (TPSA) is 124 Å². The zero-order valence-corrected chi connectivity index (χ0v) is 23.3. The van der Waals surface area contributed by atoms with Crippen LogP contribution in [-0.4, -0.2) is 65.9 Å². The first-order valence-corrected chi connectivity index (χ1v) is 13.2. The first-order valence-electron chi connectivity index (χ1n) is 13.2. The van der Waals surface area contributed by atoms with Gasteiger partial charge in [0.25, 0.3) is 0 Å². The lowest BCUT2D eigenvalue weighted by molar-refractivity contribution is -0.305. The number of hydrogen-bond donors (Lipinski definition) is 3. The quantitative estimate of drug-likeness (QED) is 0.332. The first-order chi connectivity index (χ1) is 19.5. The number of halogens is 1. The smallest absolute Gasteiger partial charge is 0.338 e. The predicted molar refractivity (Wildman–Crippen MR) is 148 cm³/mol. The summed E-state index contributed by atoms with van der Waals surface area (Å²) in [4.78, 5) is 24.3. The molecule has 3 aromatic rings. The van der Waals surface area contributed by atoms with E-state index in [0.717, 1.165) is 0 Å². The maximum atomic E-state index is 14.0. The van der Waals surface area contributed by atoms with E-state index >= 15 is 0 Å². The Hall–Kier alpha value is -3.99. The van der Waals surface area contributed by atoms with Crippen molar-refractivity contribution < 1.29 is 43.1 Å². The summed E-state index contributed by atoms with van der Waals surface area (Å²) in [5.41, 5.74) is 0.926. The van der Waals surface area contributed by atoms with Crippen LogP contribution in [0.25, 0.3) is 11.1 Å². The van der Waals surface area contributed by atoms with E-state index in [1.54, 1.807) is 62.4 Å². The Morgan fingerprint density at radius 3 is 2.46 bits per heavy atom. The van der Waals surface area contributed by atoms with Crippen LogP contribution in [0.5, 0.6) is 11.5 Å². The predicted octanol–water partition coefficient (Wildman–Crippen LogP) is 3.99. The molecule has 0 unspecified atom stereocenters. The normalized spacial score (nSPS) is 21.6. The number of amides is 1. The van der Waals surface area contributed by atoms with Gasteiger partial charge in [0, 0.05) is 20.6 Å². The SMILES string of the molecule is CO[C@@H]1[C@@H](OC(=O)c2ccccc2)[C@@H](O)[C@H](Oc2cc(CCNC(C)=O)c(-c3cccc(F)c3)cc2O)OC1(C)C. The monoisotopic (exact) mass is 567 g/mol. The number of carbonyl (C=O) groups is 2. The minimum Gasteiger partial charge on any atom is -0.504 e. The number of aliphatic hydroxyl groups excluding tert-OH is 1. The number of benzene rings is 3. The molecule has 4 rings (SSSR count). The molecule has 10 heteroatoms. The van der Waals surface area contributed by atoms with Gasteiger partial charge in [-0.05, 0) is 73.4 Å². The average molecular weight is 568 g/mol. The highest BCUT2D eigenvalue weighted by atomic mass is 19.1. The van der Waals surface area contributed by atoms with Crippen molar-refractivity contribution in [2.75, 3.05) is 13.7 Å². The second kappa shape index (κ2) is 12.7. The van der Waals surface area contributed by atoms with Gasteiger partial charge in [0.05, 0.1) is 11.2 Å². The molecule has 1 amide bonds. The fourth-order valence-electron chi connectivity index (χ4n) is 4.91. The number of aliphatic hydroxyl groups is 1. The molecule has 1 heterocycles. The molecule has 1 saturated heterocycles. The lowest BCUT2D eigenvalue weighted by Gasteiger charge is -2.47. The largest absolute Gasteiger partial charge is 0.504 e. The molecule has 0 bridgehead atoms. The molecule has 3 N–H and O–H groups in total. The zero-order chi connectivity index (χ0) is 29.7. The summed E-state index contributed by atoms with van der Waals surface area (Å²) in [6, 6.07) is 17.2. The lowest BCUT2D eigenvalue weighted by atomic mass is 9.89. The summed E-state index contributed by atoms with van der Waals surface area (Å²) in [5.74, 6) is -1.62. The molecule has 1 aliphatic heterocycles. The van der Waals surface area contributed by atoms with Crippen LogP contribution >= 0.6 is 0 Å². The molecule has 0 radical (unpaired) electrons. The van der Waals surface area contributed by atoms with Crippen LogP contribution in [-0.2, 0) is 25.4 Å². The Labute approximate surface area is 237 Å². The number of methoxy groups -OCH3 is 1. The Balaban J connectivity index is 1.65. The molecule has 3 aromatic carbocycles. The third kappa shape index (κ3) is 7.02. The van der Waals surface area contributed by atoms with Crippen LogP contribution in [0.1, 0.15) is 36.7 Å². The molecular weight excluding hydrogens is 533 g/mol. The Bertz CT molecular complexity index is 1380. The summed E-state index contributed by atoms with van der Waals surface area (Å²) in [6.45, 7) is 5.10. The number of phenolic OH excluding ortho intramolecular Hbond substituents is 1. The molecule has 0 aliphatic carbocycles. The molecule has 1 aliphatic rings. The molecule has 0 spiro atoms. The fraction of sp³-hybridized carbons (Fsp3) is 0.355. The number of hydrogen-bond acceptors (Lipinski definition) is 8. The molecule has 4 atom stereocenters. The second-order valence-electron chi connectivity index (χ2n) is 10.3. The number of rotatable bonds is 9. The molecule has 1 fully saturated rings. The van der Waals surface area contributed by atoms with Gasteiger partial charge in [-0.3, -0.25) is 4.79 Å². The van der Waals surface area contributed by atoms with Crippen LogP contribution in [0.15, 0.2) is 66.7 Å². The van der Waals surface area contributed by atoms with Crippen molar-refractivity contribution in [3.8, 4) is 22.6 Å². The van der Waals surface area contributed by atoms with Crippen LogP contribution in [0, 0.1) is 5.82 Å². The van der Waals surface area contributed by atoms with Gasteiger partial charge < -0.3 is 34.5 Å². The van der Waals surface area contributed by atoms with Crippen molar-refractivity contribution >= 4 is 11.9 Å². The Kier molecular flexibility index (Phi) is 9.27. The summed E-state index contributed by atoms with van der Waals surface area (Å²) < 4.78 is 37.3. The van der Waals surface area contributed by atoms with Gasteiger partial charge in [0.15, 0.2) is 23.7 Å². The molecule has 9 nitrogen and oxygen atoms in total. The molecule has 218 valence electrons. The highest BCUT2D eigenvalue weighted by Crippen LogP contribution is 2.39. The molecule has 0 aromatic heterocycles. The van der Waals surface area contributed by atoms with Gasteiger partial charge in [-0.15, -0.1) is 0 Å². The summed E-state index contributed by atoms with van der Waals surface area (Å²) in [6.07, 6.45) is -4.54. The Morgan fingerprint density at radius 1 is 1.07 bits per heavy atom. The number of ether oxygens (including phenoxy) is 4. The third-order valence-electron chi connectivity index (χ3n) is 6.86. The van der Waals surface area contributed by atoms with E-state index in [2.05, 4.69) is 5.32 Å². The van der Waals surface area contributed by atoms with E-state index < -0.39 is 42.0 Å². The van der Waals surface area contributed by atoms with Gasteiger partial charge in [-0.2, -0.15) is 0 Å². The van der Waals surface area contributed by atoms with Crippen molar-refractivity contribution in [3.05, 3.63) is 83.7 Å². The molecular formula is C31H34FNO8. The molecule has 0 saturated carbocycles. The van der Waals surface area contributed by atoms with Crippen molar-refractivity contribution in [1.82, 2.24) is 5.32 Å². The van der Waals surface area contributed by atoms with Crippen molar-refractivity contribution in [3.63, 3.8) is 0 Å². The van der Waals surface area contributed by atoms with Gasteiger partial charge >= 0.3 is 5.97 Å². The maximum absolute atomic E-state index is 14.0. The maximum Gasteiger partial charge on any atom is 0.338 e. The van der Waals surface area contributed by atoms with E-state index in [9.17, 15) is 24.2 Å². The number of carbonyl (C=O) groups excluding carboxylic acids is 2. The number of phenols is 1. The van der Waals surface area contributed by atoms with E-state index in [-0.39, 0.29) is 24.0 Å². The average Bonchev–Trinajstić information content (AvgIpc) is 2.93. The summed E-state index contributed by atoms with van der Waals surface area (Å²) in [5, 5.41) is 24.9. The van der Waals surface area contributed by atoms with Gasteiger partial charge in [-0.1, -0.05) is 30.3 Å². The first kappa shape index (κ1) is 30.0. The van der Waals surface area contributed by atoms with Crippen molar-refractivity contribution in [2.45, 2.75) is 57.4 Å². The van der Waals surface area contributed by atoms with Gasteiger partial charge in [0.1, 0.15) is 11.9 Å². The molecule has 41 heavy (non-hydrogen) atoms. The van der Waals surface area contributed by atoms with Crippen LogP contribution < -0.4 is 10.1 Å². The van der Waals surface area contributed by atoms with E-state index in [1.807, 2.05) is 0 Å². The number of nitrogens with one attached hydrogen (secondary N) is 1. The zero-order valence-electron chi connectivity index (χ0n) is 23.3. The van der Waals surface area contributed by atoms with Crippen LogP contribution in [0.3, 0.4) is 0 Å². The third-order valence-corrected chi connectivity index (χ3v) is 6.86. The highest BCUT2D eigenvalue weighted by molar-refractivity contribution is 5.89. The van der Waals surface area contributed by atoms with Crippen LogP contribution in [0.2, 0.25) is 0 Å². The van der Waals surface area contributed by atoms with Gasteiger partial charge in [0.2, 0.25) is 12.2 Å². The van der Waals surface area contributed by atoms with Crippen LogP contribution in [0.4, 0.5) is 4.39 Å². The summed E-state index contributed by atoms with van der Waals surface area (Å²) in [7, 11) is 1.42. The van der Waals surface area contributed by atoms with Crippen molar-refractivity contribution in [1.29, 1.82) is 0 Å². The number of esters is 1. The van der Waals surface area contributed by atoms with Gasteiger partial charge in [-0.25, -0.2) is 9.18 Å². The highest BCUT2D eigenvalue weighted by Gasteiger charge is 2.53. The lowest BCUT2D eigenvalue weighted by Crippen LogP contribution is -2.65. The van der Waals surface area contributed by atoms with E-state index in [4.69, 9.17) is 18.9 Å². The Morgan fingerprint density at radius 2 is 1.80 bits per heavy atom. The number of aromatic hydroxyl groups is 1. The van der Waals surface area contributed by atoms with Crippen molar-refractivity contribution in [2.24, 2.45) is 0 Å².